The Labute approximate surface area is 112 Å². The number of nitrogens with one attached hydrogen (secondary N) is 1. The Balaban J connectivity index is 2.02. The second-order valence-corrected chi connectivity index (χ2v) is 4.86. The predicted molar refractivity (Wildman–Crippen MR) is 70.4 cm³/mol. The van der Waals surface area contributed by atoms with Crippen molar-refractivity contribution in [1.29, 1.82) is 0 Å². The van der Waals surface area contributed by atoms with Crippen LogP contribution < -0.4 is 11.1 Å². The fourth-order valence-corrected chi connectivity index (χ4v) is 2.20. The molecule has 1 aromatic carbocycles. The second-order valence-electron chi connectivity index (χ2n) is 4.86. The molecule has 2 rings (SSSR count). The maximum atomic E-state index is 13.4. The summed E-state index contributed by atoms with van der Waals surface area (Å²) in [5.41, 5.74) is 6.68. The number of rotatable bonds is 4. The second kappa shape index (κ2) is 5.67. The molecular weight excluding hydrogens is 247 g/mol. The summed E-state index contributed by atoms with van der Waals surface area (Å²) in [6.07, 6.45) is 0.695. The minimum absolute atomic E-state index is 0.0424. The summed E-state index contributed by atoms with van der Waals surface area (Å²) in [5, 5.41) is 2.81. The zero-order valence-electron chi connectivity index (χ0n) is 11.2. The van der Waals surface area contributed by atoms with Gasteiger partial charge in [-0.15, -0.1) is 0 Å². The molecule has 1 aliphatic carbocycles. The molecule has 0 aliphatic heterocycles. The van der Waals surface area contributed by atoms with E-state index in [1.54, 1.807) is 19.1 Å². The number of amides is 1. The maximum absolute atomic E-state index is 13.4. The minimum Gasteiger partial charge on any atom is -0.376 e. The molecule has 4 nitrogen and oxygen atoms in total. The van der Waals surface area contributed by atoms with Crippen LogP contribution in [-0.2, 0) is 4.74 Å². The molecule has 104 valence electrons. The number of nitrogens with two attached hydrogens (primary N) is 1. The first-order chi connectivity index (χ1) is 9.02. The van der Waals surface area contributed by atoms with Gasteiger partial charge < -0.3 is 15.8 Å². The third-order valence-corrected chi connectivity index (χ3v) is 3.48. The molecule has 5 heteroatoms. The molecular formula is C14H19FN2O2. The Hall–Kier alpha value is -1.46. The van der Waals surface area contributed by atoms with Gasteiger partial charge in [0.05, 0.1) is 12.1 Å². The number of hydrogen-bond donors (Lipinski definition) is 2. The van der Waals surface area contributed by atoms with Crippen LogP contribution in [0.1, 0.15) is 29.3 Å². The molecule has 0 spiro atoms. The first-order valence-electron chi connectivity index (χ1n) is 6.47. The van der Waals surface area contributed by atoms with Crippen LogP contribution in [0.3, 0.4) is 0 Å². The van der Waals surface area contributed by atoms with Gasteiger partial charge >= 0.3 is 0 Å². The van der Waals surface area contributed by atoms with Gasteiger partial charge in [-0.2, -0.15) is 0 Å². The Morgan fingerprint density at radius 2 is 2.32 bits per heavy atom. The number of carbonyl (C=O) groups is 1. The molecule has 0 radical (unpaired) electrons. The first-order valence-corrected chi connectivity index (χ1v) is 6.47. The van der Waals surface area contributed by atoms with E-state index >= 15 is 0 Å². The number of halogens is 1. The van der Waals surface area contributed by atoms with E-state index in [1.165, 1.54) is 6.07 Å². The maximum Gasteiger partial charge on any atom is 0.251 e. The Morgan fingerprint density at radius 3 is 2.89 bits per heavy atom. The fourth-order valence-electron chi connectivity index (χ4n) is 2.20. The van der Waals surface area contributed by atoms with Crippen molar-refractivity contribution in [3.63, 3.8) is 0 Å². The lowest BCUT2D eigenvalue weighted by molar-refractivity contribution is -0.0300. The third kappa shape index (κ3) is 2.93. The molecule has 19 heavy (non-hydrogen) atoms. The third-order valence-electron chi connectivity index (χ3n) is 3.48. The standard InChI is InChI=1S/C14H19FN2O2/c1-3-19-12-7-11(16)13(12)17-14(18)9-5-4-8(2)10(15)6-9/h4-6,11-13H,3,7,16H2,1-2H3,(H,17,18). The highest BCUT2D eigenvalue weighted by molar-refractivity contribution is 5.94. The van der Waals surface area contributed by atoms with Crippen LogP contribution in [0.15, 0.2) is 18.2 Å². The summed E-state index contributed by atoms with van der Waals surface area (Å²) in [6.45, 7) is 4.14. The van der Waals surface area contributed by atoms with Gasteiger partial charge in [0.25, 0.3) is 5.91 Å². The van der Waals surface area contributed by atoms with Gasteiger partial charge in [0, 0.05) is 18.2 Å². The zero-order valence-corrected chi connectivity index (χ0v) is 11.2. The van der Waals surface area contributed by atoms with Crippen molar-refractivity contribution in [2.24, 2.45) is 5.73 Å². The quantitative estimate of drug-likeness (QED) is 0.865. The molecule has 0 saturated heterocycles. The molecule has 1 saturated carbocycles. The lowest BCUT2D eigenvalue weighted by atomic mass is 9.83. The van der Waals surface area contributed by atoms with E-state index in [0.717, 1.165) is 6.42 Å². The van der Waals surface area contributed by atoms with Crippen LogP contribution in [0.5, 0.6) is 0 Å². The number of aryl methyl sites for hydroxylation is 1. The van der Waals surface area contributed by atoms with Crippen molar-refractivity contribution in [3.05, 3.63) is 35.1 Å². The van der Waals surface area contributed by atoms with Crippen LogP contribution in [0, 0.1) is 12.7 Å². The molecule has 3 unspecified atom stereocenters. The highest BCUT2D eigenvalue weighted by Crippen LogP contribution is 2.23. The largest absolute Gasteiger partial charge is 0.376 e. The highest BCUT2D eigenvalue weighted by Gasteiger charge is 2.40. The Bertz CT molecular complexity index is 477. The molecule has 0 aromatic heterocycles. The fraction of sp³-hybridized carbons (Fsp3) is 0.500. The van der Waals surface area contributed by atoms with Crippen LogP contribution in [0.4, 0.5) is 4.39 Å². The molecule has 1 amide bonds. The Kier molecular flexibility index (Phi) is 4.17. The molecule has 1 fully saturated rings. The van der Waals surface area contributed by atoms with Gasteiger partial charge in [-0.3, -0.25) is 4.79 Å². The zero-order chi connectivity index (χ0) is 14.0. The van der Waals surface area contributed by atoms with E-state index in [0.29, 0.717) is 17.7 Å². The summed E-state index contributed by atoms with van der Waals surface area (Å²) in [5.74, 6) is -0.698. The van der Waals surface area contributed by atoms with E-state index in [-0.39, 0.29) is 29.9 Å². The Morgan fingerprint density at radius 1 is 1.58 bits per heavy atom. The van der Waals surface area contributed by atoms with E-state index in [9.17, 15) is 9.18 Å². The van der Waals surface area contributed by atoms with Crippen LogP contribution in [0.25, 0.3) is 0 Å². The van der Waals surface area contributed by atoms with Crippen LogP contribution >= 0.6 is 0 Å². The van der Waals surface area contributed by atoms with E-state index in [1.807, 2.05) is 6.92 Å². The molecule has 0 bridgehead atoms. The molecule has 3 N–H and O–H groups in total. The van der Waals surface area contributed by atoms with Gasteiger partial charge in [0.2, 0.25) is 0 Å². The van der Waals surface area contributed by atoms with E-state index in [2.05, 4.69) is 5.32 Å². The molecule has 1 aromatic rings. The van der Waals surface area contributed by atoms with Crippen LogP contribution in [-0.4, -0.2) is 30.7 Å². The van der Waals surface area contributed by atoms with Crippen molar-refractivity contribution in [3.8, 4) is 0 Å². The van der Waals surface area contributed by atoms with Gasteiger partial charge in [0.15, 0.2) is 0 Å². The molecule has 0 heterocycles. The van der Waals surface area contributed by atoms with Crippen molar-refractivity contribution < 1.29 is 13.9 Å². The summed E-state index contributed by atoms with van der Waals surface area (Å²) in [6, 6.07) is 4.14. The van der Waals surface area contributed by atoms with Gasteiger partial charge in [-0.05, 0) is 38.0 Å². The first kappa shape index (κ1) is 14.0. The average Bonchev–Trinajstić information content (AvgIpc) is 2.38. The van der Waals surface area contributed by atoms with E-state index < -0.39 is 0 Å². The van der Waals surface area contributed by atoms with Crippen molar-refractivity contribution in [1.82, 2.24) is 5.32 Å². The van der Waals surface area contributed by atoms with Crippen LogP contribution in [0.2, 0.25) is 0 Å². The topological polar surface area (TPSA) is 64.3 Å². The molecule has 3 atom stereocenters. The highest BCUT2D eigenvalue weighted by atomic mass is 19.1. The summed E-state index contributed by atoms with van der Waals surface area (Å²) >= 11 is 0. The summed E-state index contributed by atoms with van der Waals surface area (Å²) in [4.78, 5) is 12.0. The monoisotopic (exact) mass is 266 g/mol. The summed E-state index contributed by atoms with van der Waals surface area (Å²) in [7, 11) is 0. The number of carbonyl (C=O) groups excluding carboxylic acids is 1. The number of benzene rings is 1. The lowest BCUT2D eigenvalue weighted by Crippen LogP contribution is -2.64. The van der Waals surface area contributed by atoms with Gasteiger partial charge in [-0.1, -0.05) is 6.07 Å². The normalized spacial score (nSPS) is 25.8. The molecule has 1 aliphatic rings. The average molecular weight is 266 g/mol. The number of hydrogen-bond acceptors (Lipinski definition) is 3. The van der Waals surface area contributed by atoms with Gasteiger partial charge in [-0.25, -0.2) is 4.39 Å². The smallest absolute Gasteiger partial charge is 0.251 e. The van der Waals surface area contributed by atoms with Crippen molar-refractivity contribution >= 4 is 5.91 Å². The predicted octanol–water partition coefficient (Wildman–Crippen LogP) is 1.37. The number of ether oxygens (including phenoxy) is 1. The van der Waals surface area contributed by atoms with Crippen molar-refractivity contribution in [2.45, 2.75) is 38.5 Å². The SMILES string of the molecule is CCOC1CC(N)C1NC(=O)c1ccc(C)c(F)c1. The van der Waals surface area contributed by atoms with Gasteiger partial charge in [0.1, 0.15) is 5.82 Å². The van der Waals surface area contributed by atoms with E-state index in [4.69, 9.17) is 10.5 Å². The lowest BCUT2D eigenvalue weighted by Gasteiger charge is -2.42. The summed E-state index contributed by atoms with van der Waals surface area (Å²) < 4.78 is 18.9. The minimum atomic E-state index is -0.382. The van der Waals surface area contributed by atoms with Crippen molar-refractivity contribution in [2.75, 3.05) is 6.61 Å².